The Balaban J connectivity index is 1.78. The summed E-state index contributed by atoms with van der Waals surface area (Å²) in [6, 6.07) is 0. The first-order valence-electron chi connectivity index (χ1n) is 7.02. The molecule has 0 bridgehead atoms. The molecule has 0 aromatic carbocycles. The predicted molar refractivity (Wildman–Crippen MR) is 77.5 cm³/mol. The second kappa shape index (κ2) is 4.80. The van der Waals surface area contributed by atoms with Crippen LogP contribution in [0, 0.1) is 4.64 Å². The minimum absolute atomic E-state index is 0.138. The molecule has 2 saturated heterocycles. The van der Waals surface area contributed by atoms with Gasteiger partial charge in [-0.25, -0.2) is 9.97 Å². The van der Waals surface area contributed by atoms with Gasteiger partial charge in [0.1, 0.15) is 29.5 Å². The number of imidazole rings is 1. The van der Waals surface area contributed by atoms with E-state index in [1.54, 1.807) is 6.33 Å². The van der Waals surface area contributed by atoms with E-state index in [4.69, 9.17) is 26.4 Å². The highest BCUT2D eigenvalue weighted by molar-refractivity contribution is 7.71. The molecule has 2 aliphatic heterocycles. The van der Waals surface area contributed by atoms with Gasteiger partial charge in [-0.15, -0.1) is 0 Å². The molecule has 9 heteroatoms. The van der Waals surface area contributed by atoms with Crippen LogP contribution in [0.5, 0.6) is 0 Å². The SMILES string of the molecule is CC1(C)O[C@@H]2[C@H](O1)[C@H](n1cnc3c(=S)nc[nH]c31)O[C@H]2CO. The van der Waals surface area contributed by atoms with Crippen molar-refractivity contribution >= 4 is 23.4 Å². The second-order valence-corrected chi connectivity index (χ2v) is 6.26. The van der Waals surface area contributed by atoms with Gasteiger partial charge in [0.05, 0.1) is 19.3 Å². The molecular formula is C13H16N4O4S. The van der Waals surface area contributed by atoms with Gasteiger partial charge >= 0.3 is 0 Å². The Kier molecular flexibility index (Phi) is 3.10. The van der Waals surface area contributed by atoms with E-state index in [9.17, 15) is 5.11 Å². The molecule has 4 rings (SSSR count). The van der Waals surface area contributed by atoms with Crippen LogP contribution in [0.15, 0.2) is 12.7 Å². The lowest BCUT2D eigenvalue weighted by atomic mass is 10.1. The Hall–Kier alpha value is -1.39. The largest absolute Gasteiger partial charge is 0.394 e. The maximum absolute atomic E-state index is 9.54. The molecular weight excluding hydrogens is 308 g/mol. The van der Waals surface area contributed by atoms with Crippen molar-refractivity contribution < 1.29 is 19.3 Å². The summed E-state index contributed by atoms with van der Waals surface area (Å²) < 4.78 is 20.0. The van der Waals surface area contributed by atoms with E-state index >= 15 is 0 Å². The van der Waals surface area contributed by atoms with Crippen LogP contribution < -0.4 is 0 Å². The summed E-state index contributed by atoms with van der Waals surface area (Å²) in [6.07, 6.45) is 1.59. The van der Waals surface area contributed by atoms with Crippen LogP contribution in [-0.2, 0) is 14.2 Å². The topological polar surface area (TPSA) is 94.4 Å². The number of H-pyrrole nitrogens is 1. The van der Waals surface area contributed by atoms with E-state index in [1.165, 1.54) is 6.33 Å². The summed E-state index contributed by atoms with van der Waals surface area (Å²) in [5.41, 5.74) is 1.30. The molecule has 0 radical (unpaired) electrons. The van der Waals surface area contributed by atoms with E-state index in [2.05, 4.69) is 15.0 Å². The summed E-state index contributed by atoms with van der Waals surface area (Å²) in [4.78, 5) is 11.3. The molecule has 2 N–H and O–H groups in total. The van der Waals surface area contributed by atoms with Gasteiger partial charge in [-0.1, -0.05) is 12.2 Å². The molecule has 0 aliphatic carbocycles. The van der Waals surface area contributed by atoms with Gasteiger partial charge in [-0.2, -0.15) is 0 Å². The molecule has 4 atom stereocenters. The van der Waals surface area contributed by atoms with Crippen LogP contribution in [-0.4, -0.2) is 55.3 Å². The average molecular weight is 324 g/mol. The molecule has 2 aliphatic rings. The van der Waals surface area contributed by atoms with Crippen molar-refractivity contribution in [2.45, 2.75) is 44.2 Å². The Bertz CT molecular complexity index is 773. The van der Waals surface area contributed by atoms with Gasteiger partial charge < -0.3 is 24.3 Å². The fourth-order valence-electron chi connectivity index (χ4n) is 3.10. The second-order valence-electron chi connectivity index (χ2n) is 5.87. The van der Waals surface area contributed by atoms with Gasteiger partial charge in [0.25, 0.3) is 0 Å². The fraction of sp³-hybridized carbons (Fsp3) is 0.615. The van der Waals surface area contributed by atoms with Crippen molar-refractivity contribution in [1.29, 1.82) is 0 Å². The van der Waals surface area contributed by atoms with E-state index in [0.29, 0.717) is 15.8 Å². The quantitative estimate of drug-likeness (QED) is 0.793. The lowest BCUT2D eigenvalue weighted by molar-refractivity contribution is -0.199. The molecule has 22 heavy (non-hydrogen) atoms. The van der Waals surface area contributed by atoms with Gasteiger partial charge in [0.15, 0.2) is 16.7 Å². The monoisotopic (exact) mass is 324 g/mol. The standard InChI is InChI=1S/C13H16N4O4S/c1-13(2)20-8-6(3-18)19-12(9(8)21-13)17-5-16-7-10(17)14-4-15-11(7)22/h4-6,8-9,12,18H,3H2,1-2H3,(H,14,15,22)/t6-,8-,9-,12+/m0/s1. The summed E-state index contributed by atoms with van der Waals surface area (Å²) in [6.45, 7) is 3.56. The Morgan fingerprint density at radius 1 is 1.36 bits per heavy atom. The van der Waals surface area contributed by atoms with E-state index in [1.807, 2.05) is 18.4 Å². The van der Waals surface area contributed by atoms with Crippen LogP contribution in [0.4, 0.5) is 0 Å². The first-order chi connectivity index (χ1) is 10.5. The first-order valence-corrected chi connectivity index (χ1v) is 7.43. The number of hydrogen-bond donors (Lipinski definition) is 2. The highest BCUT2D eigenvalue weighted by Gasteiger charge is 2.55. The molecule has 0 saturated carbocycles. The molecule has 118 valence electrons. The fourth-order valence-corrected chi connectivity index (χ4v) is 3.30. The van der Waals surface area contributed by atoms with E-state index in [-0.39, 0.29) is 18.8 Å². The zero-order chi connectivity index (χ0) is 15.5. The molecule has 2 aromatic heterocycles. The third-order valence-corrected chi connectivity index (χ3v) is 4.26. The number of rotatable bonds is 2. The minimum atomic E-state index is -0.713. The van der Waals surface area contributed by atoms with Gasteiger partial charge in [0, 0.05) is 0 Å². The van der Waals surface area contributed by atoms with Crippen LogP contribution in [0.3, 0.4) is 0 Å². The lowest BCUT2D eigenvalue weighted by Gasteiger charge is -2.24. The molecule has 8 nitrogen and oxygen atoms in total. The number of fused-ring (bicyclic) bond motifs is 2. The molecule has 0 amide bonds. The number of aromatic amines is 1. The Morgan fingerprint density at radius 2 is 2.14 bits per heavy atom. The first kappa shape index (κ1) is 14.2. The molecule has 0 spiro atoms. The number of ether oxygens (including phenoxy) is 3. The maximum Gasteiger partial charge on any atom is 0.166 e. The Labute approximate surface area is 131 Å². The lowest BCUT2D eigenvalue weighted by Crippen LogP contribution is -2.31. The zero-order valence-corrected chi connectivity index (χ0v) is 12.9. The number of aliphatic hydroxyl groups excluding tert-OH is 1. The zero-order valence-electron chi connectivity index (χ0n) is 12.1. The molecule has 0 unspecified atom stereocenters. The summed E-state index contributed by atoms with van der Waals surface area (Å²) in [7, 11) is 0. The van der Waals surface area contributed by atoms with Crippen molar-refractivity contribution in [2.75, 3.05) is 6.61 Å². The minimum Gasteiger partial charge on any atom is -0.394 e. The van der Waals surface area contributed by atoms with Crippen LogP contribution >= 0.6 is 12.2 Å². The number of aromatic nitrogens is 4. The van der Waals surface area contributed by atoms with Crippen molar-refractivity contribution in [3.63, 3.8) is 0 Å². The summed E-state index contributed by atoms with van der Waals surface area (Å²) >= 11 is 5.17. The number of aliphatic hydroxyl groups is 1. The van der Waals surface area contributed by atoms with E-state index in [0.717, 1.165) is 0 Å². The predicted octanol–water partition coefficient (Wildman–Crippen LogP) is 0.899. The van der Waals surface area contributed by atoms with Crippen molar-refractivity contribution in [2.24, 2.45) is 0 Å². The number of nitrogens with one attached hydrogen (secondary N) is 1. The third kappa shape index (κ3) is 2.01. The normalized spacial score (nSPS) is 33.4. The maximum atomic E-state index is 9.54. The highest BCUT2D eigenvalue weighted by Crippen LogP contribution is 2.43. The third-order valence-electron chi connectivity index (χ3n) is 3.96. The van der Waals surface area contributed by atoms with Crippen molar-refractivity contribution in [3.8, 4) is 0 Å². The summed E-state index contributed by atoms with van der Waals surface area (Å²) in [5, 5.41) is 9.54. The number of hydrogen-bond acceptors (Lipinski definition) is 7. The van der Waals surface area contributed by atoms with Gasteiger partial charge in [-0.05, 0) is 13.8 Å². The summed E-state index contributed by atoms with van der Waals surface area (Å²) in [5.74, 6) is -0.713. The highest BCUT2D eigenvalue weighted by atomic mass is 32.1. The number of nitrogens with zero attached hydrogens (tertiary/aromatic N) is 3. The van der Waals surface area contributed by atoms with Crippen molar-refractivity contribution in [3.05, 3.63) is 17.3 Å². The van der Waals surface area contributed by atoms with Crippen molar-refractivity contribution in [1.82, 2.24) is 19.5 Å². The van der Waals surface area contributed by atoms with Crippen LogP contribution in [0.25, 0.3) is 11.2 Å². The molecule has 4 heterocycles. The van der Waals surface area contributed by atoms with Gasteiger partial charge in [-0.3, -0.25) is 4.57 Å². The van der Waals surface area contributed by atoms with Gasteiger partial charge in [0.2, 0.25) is 0 Å². The molecule has 2 fully saturated rings. The molecule has 2 aromatic rings. The van der Waals surface area contributed by atoms with E-state index < -0.39 is 18.1 Å². The smallest absolute Gasteiger partial charge is 0.166 e. The van der Waals surface area contributed by atoms with Crippen LogP contribution in [0.2, 0.25) is 0 Å². The Morgan fingerprint density at radius 3 is 2.91 bits per heavy atom. The average Bonchev–Trinajstić information content (AvgIpc) is 3.10. The van der Waals surface area contributed by atoms with Crippen LogP contribution in [0.1, 0.15) is 20.1 Å².